The summed E-state index contributed by atoms with van der Waals surface area (Å²) in [5, 5.41) is 0. The zero-order chi connectivity index (χ0) is 31.0. The lowest BCUT2D eigenvalue weighted by Gasteiger charge is -2.29. The number of fused-ring (bicyclic) bond motifs is 1. The molecule has 0 bridgehead atoms. The van der Waals surface area contributed by atoms with Crippen molar-refractivity contribution in [2.24, 2.45) is 4.99 Å². The third kappa shape index (κ3) is 5.33. The second-order valence-corrected chi connectivity index (χ2v) is 11.9. The van der Waals surface area contributed by atoms with E-state index in [9.17, 15) is 9.59 Å². The van der Waals surface area contributed by atoms with E-state index in [0.717, 1.165) is 33.9 Å². The third-order valence-electron chi connectivity index (χ3n) is 8.12. The van der Waals surface area contributed by atoms with Gasteiger partial charge in [0.25, 0.3) is 11.5 Å². The maximum Gasteiger partial charge on any atom is 0.271 e. The van der Waals surface area contributed by atoms with Gasteiger partial charge in [0.1, 0.15) is 11.8 Å². The number of methoxy groups -OCH3 is 1. The van der Waals surface area contributed by atoms with Gasteiger partial charge in [-0.1, -0.05) is 29.5 Å². The first-order valence-electron chi connectivity index (χ1n) is 14.5. The van der Waals surface area contributed by atoms with Crippen LogP contribution in [0.3, 0.4) is 0 Å². The van der Waals surface area contributed by atoms with Gasteiger partial charge in [-0.3, -0.25) is 14.2 Å². The molecular formula is C34H39N5O3S. The molecule has 0 radical (unpaired) electrons. The van der Waals surface area contributed by atoms with E-state index in [1.165, 1.54) is 11.3 Å². The average molecular weight is 598 g/mol. The van der Waals surface area contributed by atoms with Crippen molar-refractivity contribution in [1.82, 2.24) is 14.0 Å². The molecule has 0 fully saturated rings. The highest BCUT2D eigenvalue weighted by molar-refractivity contribution is 7.07. The lowest BCUT2D eigenvalue weighted by molar-refractivity contribution is -0.127. The molecule has 224 valence electrons. The van der Waals surface area contributed by atoms with Gasteiger partial charge in [0, 0.05) is 55.5 Å². The number of hydrogen-bond acceptors (Lipinski definition) is 6. The molecule has 0 saturated heterocycles. The maximum absolute atomic E-state index is 14.2. The summed E-state index contributed by atoms with van der Waals surface area (Å²) in [5.41, 5.74) is 6.94. The van der Waals surface area contributed by atoms with E-state index < -0.39 is 6.04 Å². The van der Waals surface area contributed by atoms with Crippen molar-refractivity contribution in [3.8, 4) is 11.4 Å². The first kappa shape index (κ1) is 30.1. The zero-order valence-corrected chi connectivity index (χ0v) is 27.0. The molecule has 0 unspecified atom stereocenters. The summed E-state index contributed by atoms with van der Waals surface area (Å²) < 4.78 is 10.1. The third-order valence-corrected chi connectivity index (χ3v) is 9.10. The Labute approximate surface area is 256 Å². The number of nitrogens with zero attached hydrogens (tertiary/aromatic N) is 5. The van der Waals surface area contributed by atoms with Crippen LogP contribution in [0.1, 0.15) is 49.3 Å². The van der Waals surface area contributed by atoms with Crippen LogP contribution in [0.2, 0.25) is 0 Å². The quantitative estimate of drug-likeness (QED) is 0.298. The normalized spacial score (nSPS) is 14.9. The summed E-state index contributed by atoms with van der Waals surface area (Å²) >= 11 is 1.34. The van der Waals surface area contributed by atoms with E-state index in [4.69, 9.17) is 9.73 Å². The predicted molar refractivity (Wildman–Crippen MR) is 174 cm³/mol. The van der Waals surface area contributed by atoms with Crippen LogP contribution in [-0.4, -0.2) is 54.2 Å². The minimum absolute atomic E-state index is 0.125. The number of aryl methyl sites for hydroxylation is 1. The molecule has 2 aromatic heterocycles. The second kappa shape index (κ2) is 12.1. The van der Waals surface area contributed by atoms with Crippen molar-refractivity contribution in [1.29, 1.82) is 0 Å². The Morgan fingerprint density at radius 2 is 1.72 bits per heavy atom. The number of carbonyl (C=O) groups is 1. The summed E-state index contributed by atoms with van der Waals surface area (Å²) in [6.07, 6.45) is 1.95. The van der Waals surface area contributed by atoms with Gasteiger partial charge in [0.15, 0.2) is 4.80 Å². The highest BCUT2D eigenvalue weighted by Crippen LogP contribution is 2.36. The van der Waals surface area contributed by atoms with Crippen molar-refractivity contribution < 1.29 is 9.53 Å². The smallest absolute Gasteiger partial charge is 0.271 e. The molecule has 2 aromatic carbocycles. The fourth-order valence-corrected chi connectivity index (χ4v) is 6.87. The van der Waals surface area contributed by atoms with E-state index in [-0.39, 0.29) is 11.5 Å². The number of thiazole rings is 1. The lowest BCUT2D eigenvalue weighted by Crippen LogP contribution is -2.43. The first-order valence-corrected chi connectivity index (χ1v) is 15.3. The molecule has 5 rings (SSSR count). The van der Waals surface area contributed by atoms with E-state index in [1.54, 1.807) is 16.6 Å². The van der Waals surface area contributed by atoms with Gasteiger partial charge >= 0.3 is 0 Å². The van der Waals surface area contributed by atoms with Gasteiger partial charge in [0.05, 0.1) is 22.9 Å². The summed E-state index contributed by atoms with van der Waals surface area (Å²) in [7, 11) is 5.66. The average Bonchev–Trinajstić information content (AvgIpc) is 3.46. The second-order valence-electron chi connectivity index (χ2n) is 10.9. The molecule has 0 N–H and O–H groups in total. The summed E-state index contributed by atoms with van der Waals surface area (Å²) in [6, 6.07) is 17.4. The highest BCUT2D eigenvalue weighted by Gasteiger charge is 2.35. The van der Waals surface area contributed by atoms with Gasteiger partial charge in [0.2, 0.25) is 0 Å². The molecule has 8 nitrogen and oxygen atoms in total. The first-order chi connectivity index (χ1) is 20.6. The molecule has 1 aliphatic rings. The minimum atomic E-state index is -0.662. The molecule has 1 aliphatic heterocycles. The molecule has 4 aromatic rings. The Kier molecular flexibility index (Phi) is 8.46. The topological polar surface area (TPSA) is 72.1 Å². The van der Waals surface area contributed by atoms with Gasteiger partial charge in [-0.25, -0.2) is 4.99 Å². The maximum atomic E-state index is 14.2. The Bertz CT molecular complexity index is 1890. The number of anilines is 1. The van der Waals surface area contributed by atoms with Crippen LogP contribution >= 0.6 is 11.3 Å². The van der Waals surface area contributed by atoms with Crippen LogP contribution < -0.4 is 24.5 Å². The fourth-order valence-electron chi connectivity index (χ4n) is 5.83. The number of aromatic nitrogens is 2. The van der Waals surface area contributed by atoms with E-state index in [2.05, 4.69) is 53.6 Å². The van der Waals surface area contributed by atoms with Crippen LogP contribution in [0.15, 0.2) is 75.7 Å². The number of carbonyl (C=O) groups excluding carboxylic acids is 1. The van der Waals surface area contributed by atoms with Gasteiger partial charge in [-0.05, 0) is 82.7 Å². The highest BCUT2D eigenvalue weighted by atomic mass is 32.1. The molecule has 1 amide bonds. The van der Waals surface area contributed by atoms with Crippen LogP contribution in [-0.2, 0) is 4.79 Å². The van der Waals surface area contributed by atoms with Gasteiger partial charge in [-0.15, -0.1) is 0 Å². The van der Waals surface area contributed by atoms with Crippen molar-refractivity contribution in [2.75, 3.05) is 39.2 Å². The minimum Gasteiger partial charge on any atom is -0.496 e. The Hall–Kier alpha value is -4.37. The molecule has 1 atom stereocenters. The zero-order valence-electron chi connectivity index (χ0n) is 26.1. The van der Waals surface area contributed by atoms with Crippen LogP contribution in [0, 0.1) is 13.8 Å². The summed E-state index contributed by atoms with van der Waals surface area (Å²) in [4.78, 5) is 37.4. The van der Waals surface area contributed by atoms with Crippen molar-refractivity contribution >= 4 is 29.0 Å². The van der Waals surface area contributed by atoms with Crippen LogP contribution in [0.25, 0.3) is 11.8 Å². The van der Waals surface area contributed by atoms with Crippen molar-refractivity contribution in [2.45, 2.75) is 40.7 Å². The summed E-state index contributed by atoms with van der Waals surface area (Å²) in [5.74, 6) is 0.491. The molecule has 3 heterocycles. The SMILES string of the molecule is CCN(CC)C(=O)C1=C(C)N=c2s/c(=C\c3cc(C)n(-c4ccc(N(C)C)cc4)c3C)c(=O)n2[C@@H]1c1ccccc1OC. The number of amides is 1. The van der Waals surface area contributed by atoms with E-state index in [1.807, 2.05) is 65.2 Å². The monoisotopic (exact) mass is 597 g/mol. The molecule has 43 heavy (non-hydrogen) atoms. The predicted octanol–water partition coefficient (Wildman–Crippen LogP) is 4.59. The number of hydrogen-bond donors (Lipinski definition) is 0. The number of likely N-dealkylation sites (N-methyl/N-ethyl adjacent to an activating group) is 1. The van der Waals surface area contributed by atoms with E-state index in [0.29, 0.717) is 39.4 Å². The van der Waals surface area contributed by atoms with Gasteiger partial charge in [-0.2, -0.15) is 0 Å². The van der Waals surface area contributed by atoms with Crippen LogP contribution in [0.5, 0.6) is 5.75 Å². The molecule has 0 aliphatic carbocycles. The number of para-hydroxylation sites is 1. The molecule has 9 heteroatoms. The largest absolute Gasteiger partial charge is 0.496 e. The van der Waals surface area contributed by atoms with Crippen LogP contribution in [0.4, 0.5) is 5.69 Å². The fraction of sp³-hybridized carbons (Fsp3) is 0.324. The number of allylic oxidation sites excluding steroid dienone is 1. The van der Waals surface area contributed by atoms with Crippen molar-refractivity contribution in [3.05, 3.63) is 108 Å². The Morgan fingerprint density at radius 3 is 2.35 bits per heavy atom. The standard InChI is InChI=1S/C34H39N5O3S/c1-9-37(10-2)33(41)30-22(4)35-34-39(31(30)27-13-11-12-14-28(27)42-8)32(40)29(43-34)20-24-19-21(3)38(23(24)5)26-17-15-25(16-18-26)36(6)7/h11-20,31H,9-10H2,1-8H3/b29-20-/t31-/m1/s1. The molecule has 0 spiro atoms. The molecule has 0 saturated carbocycles. The van der Waals surface area contributed by atoms with Gasteiger partial charge < -0.3 is 19.1 Å². The molecular weight excluding hydrogens is 558 g/mol. The van der Waals surface area contributed by atoms with Crippen molar-refractivity contribution in [3.63, 3.8) is 0 Å². The Balaban J connectivity index is 1.69. The number of ether oxygens (including phenoxy) is 1. The Morgan fingerprint density at radius 1 is 1.05 bits per heavy atom. The summed E-state index contributed by atoms with van der Waals surface area (Å²) in [6.45, 7) is 11.0. The number of benzene rings is 2. The lowest BCUT2D eigenvalue weighted by atomic mass is 9.94. The van der Waals surface area contributed by atoms with E-state index >= 15 is 0 Å². The number of rotatable bonds is 8.